The lowest BCUT2D eigenvalue weighted by molar-refractivity contribution is -0.139. The Labute approximate surface area is 253 Å². The molecule has 3 heterocycles. The molecule has 12 nitrogen and oxygen atoms in total. The van der Waals surface area contributed by atoms with E-state index in [0.717, 1.165) is 82.7 Å². The second-order valence-corrected chi connectivity index (χ2v) is 11.1. The van der Waals surface area contributed by atoms with E-state index >= 15 is 0 Å². The fraction of sp³-hybridized carbons (Fsp3) is 0.613. The number of benzene rings is 1. The number of nitrogen functional groups attached to an aromatic ring is 1. The number of ether oxygens (including phenoxy) is 3. The monoisotopic (exact) mass is 597 g/mol. The van der Waals surface area contributed by atoms with Gasteiger partial charge in [-0.15, -0.1) is 0 Å². The molecule has 43 heavy (non-hydrogen) atoms. The predicted molar refractivity (Wildman–Crippen MR) is 167 cm³/mol. The summed E-state index contributed by atoms with van der Waals surface area (Å²) in [5.74, 6) is 0.772. The van der Waals surface area contributed by atoms with Gasteiger partial charge in [-0.05, 0) is 43.5 Å². The fourth-order valence-corrected chi connectivity index (χ4v) is 5.26. The molecule has 3 aromatic rings. The van der Waals surface area contributed by atoms with Crippen LogP contribution in [0.25, 0.3) is 11.2 Å². The predicted octanol–water partition coefficient (Wildman–Crippen LogP) is 3.24. The summed E-state index contributed by atoms with van der Waals surface area (Å²) in [6, 6.07) is 7.86. The van der Waals surface area contributed by atoms with Crippen molar-refractivity contribution in [2.75, 3.05) is 65.3 Å². The lowest BCUT2D eigenvalue weighted by Gasteiger charge is -2.34. The Morgan fingerprint density at radius 1 is 0.930 bits per heavy atom. The van der Waals surface area contributed by atoms with Crippen LogP contribution in [-0.4, -0.2) is 94.9 Å². The number of imidazole rings is 1. The molecular weight excluding hydrogens is 550 g/mol. The van der Waals surface area contributed by atoms with Gasteiger partial charge in [0.05, 0.1) is 20.1 Å². The van der Waals surface area contributed by atoms with Crippen LogP contribution in [-0.2, 0) is 22.5 Å². The number of anilines is 1. The van der Waals surface area contributed by atoms with Gasteiger partial charge < -0.3 is 29.8 Å². The maximum atomic E-state index is 12.5. The first-order valence-corrected chi connectivity index (χ1v) is 15.6. The molecular formula is C31H47N7O5. The van der Waals surface area contributed by atoms with Gasteiger partial charge in [-0.3, -0.25) is 14.3 Å². The molecule has 0 saturated carbocycles. The quantitative estimate of drug-likeness (QED) is 0.166. The van der Waals surface area contributed by atoms with Gasteiger partial charge in [0.2, 0.25) is 0 Å². The van der Waals surface area contributed by atoms with Gasteiger partial charge in [0, 0.05) is 39.3 Å². The lowest BCUT2D eigenvalue weighted by Crippen LogP contribution is -2.47. The normalized spacial score (nSPS) is 14.3. The van der Waals surface area contributed by atoms with Gasteiger partial charge in [-0.2, -0.15) is 9.97 Å². The zero-order chi connectivity index (χ0) is 30.4. The number of nitrogens with one attached hydrogen (secondary N) is 1. The number of unbranched alkanes of at least 4 members (excludes halogenated alkanes) is 5. The highest BCUT2D eigenvalue weighted by Gasteiger charge is 2.17. The van der Waals surface area contributed by atoms with E-state index in [1.54, 1.807) is 4.57 Å². The van der Waals surface area contributed by atoms with Crippen molar-refractivity contribution < 1.29 is 19.0 Å². The van der Waals surface area contributed by atoms with E-state index in [0.29, 0.717) is 30.9 Å². The number of piperazine rings is 1. The first kappa shape index (κ1) is 32.3. The third kappa shape index (κ3) is 9.96. The maximum Gasteiger partial charge on any atom is 0.327 e. The van der Waals surface area contributed by atoms with Crippen molar-refractivity contribution in [2.45, 2.75) is 64.8 Å². The molecule has 3 N–H and O–H groups in total. The average Bonchev–Trinajstić information content (AvgIpc) is 3.33. The Hall–Kier alpha value is -3.64. The van der Waals surface area contributed by atoms with Gasteiger partial charge in [0.15, 0.2) is 11.5 Å². The SMILES string of the molecule is CCCCOc1nc(N)c2[nH]c(=O)n(CCCCCCCN3CCN(CCOc4cccc(CC(=O)OC)c4)CC3)c2n1. The minimum Gasteiger partial charge on any atom is -0.492 e. The second kappa shape index (κ2) is 16.9. The van der Waals surface area contributed by atoms with Crippen LogP contribution >= 0.6 is 0 Å². The van der Waals surface area contributed by atoms with Crippen molar-refractivity contribution >= 4 is 23.0 Å². The molecule has 0 spiro atoms. The molecule has 1 saturated heterocycles. The van der Waals surface area contributed by atoms with Gasteiger partial charge in [-0.25, -0.2) is 4.79 Å². The van der Waals surface area contributed by atoms with Crippen LogP contribution in [0.5, 0.6) is 11.8 Å². The first-order valence-electron chi connectivity index (χ1n) is 15.6. The minimum absolute atomic E-state index is 0.211. The largest absolute Gasteiger partial charge is 0.492 e. The van der Waals surface area contributed by atoms with Crippen molar-refractivity contribution in [2.24, 2.45) is 0 Å². The molecule has 1 aromatic carbocycles. The van der Waals surface area contributed by atoms with E-state index in [2.05, 4.69) is 31.7 Å². The number of aromatic nitrogens is 4. The summed E-state index contributed by atoms with van der Waals surface area (Å²) < 4.78 is 17.9. The molecule has 1 aliphatic heterocycles. The summed E-state index contributed by atoms with van der Waals surface area (Å²) in [6.45, 7) is 10.1. The van der Waals surface area contributed by atoms with Gasteiger partial charge in [-0.1, -0.05) is 44.7 Å². The van der Waals surface area contributed by atoms with E-state index < -0.39 is 0 Å². The van der Waals surface area contributed by atoms with Crippen LogP contribution < -0.4 is 20.9 Å². The summed E-state index contributed by atoms with van der Waals surface area (Å²) in [4.78, 5) is 40.4. The molecule has 236 valence electrons. The summed E-state index contributed by atoms with van der Waals surface area (Å²) in [6.07, 6.45) is 7.63. The number of fused-ring (bicyclic) bond motifs is 1. The number of carbonyl (C=O) groups is 1. The van der Waals surface area contributed by atoms with Gasteiger partial charge in [0.25, 0.3) is 0 Å². The van der Waals surface area contributed by atoms with Crippen molar-refractivity contribution in [1.82, 2.24) is 29.3 Å². The van der Waals surface area contributed by atoms with E-state index in [1.807, 2.05) is 24.3 Å². The van der Waals surface area contributed by atoms with Crippen LogP contribution in [0.1, 0.15) is 57.4 Å². The number of hydrogen-bond donors (Lipinski definition) is 2. The summed E-state index contributed by atoms with van der Waals surface area (Å²) >= 11 is 0. The molecule has 1 fully saturated rings. The number of aromatic amines is 1. The van der Waals surface area contributed by atoms with Crippen molar-refractivity contribution in [3.05, 3.63) is 40.3 Å². The van der Waals surface area contributed by atoms with Crippen LogP contribution in [0.4, 0.5) is 5.82 Å². The topological polar surface area (TPSA) is 141 Å². The minimum atomic E-state index is -0.251. The highest BCUT2D eigenvalue weighted by atomic mass is 16.5. The Bertz CT molecular complexity index is 1350. The van der Waals surface area contributed by atoms with Gasteiger partial charge in [0.1, 0.15) is 17.9 Å². The summed E-state index contributed by atoms with van der Waals surface area (Å²) in [5.41, 5.74) is 7.72. The second-order valence-electron chi connectivity index (χ2n) is 11.1. The van der Waals surface area contributed by atoms with Crippen molar-refractivity contribution in [3.63, 3.8) is 0 Å². The molecule has 0 bridgehead atoms. The summed E-state index contributed by atoms with van der Waals surface area (Å²) in [7, 11) is 1.40. The molecule has 0 radical (unpaired) electrons. The molecule has 4 rings (SSSR count). The van der Waals surface area contributed by atoms with Crippen molar-refractivity contribution in [1.29, 1.82) is 0 Å². The van der Waals surface area contributed by atoms with Crippen LogP contribution in [0.2, 0.25) is 0 Å². The smallest absolute Gasteiger partial charge is 0.327 e. The lowest BCUT2D eigenvalue weighted by atomic mass is 10.1. The zero-order valence-corrected chi connectivity index (χ0v) is 25.7. The van der Waals surface area contributed by atoms with E-state index in [9.17, 15) is 9.59 Å². The van der Waals surface area contributed by atoms with Crippen LogP contribution in [0.15, 0.2) is 29.1 Å². The van der Waals surface area contributed by atoms with Crippen molar-refractivity contribution in [3.8, 4) is 11.8 Å². The zero-order valence-electron chi connectivity index (χ0n) is 25.7. The molecule has 2 aromatic heterocycles. The van der Waals surface area contributed by atoms with E-state index in [-0.39, 0.29) is 29.9 Å². The van der Waals surface area contributed by atoms with Crippen LogP contribution in [0.3, 0.4) is 0 Å². The molecule has 1 aliphatic rings. The maximum absolute atomic E-state index is 12.5. The molecule has 0 atom stereocenters. The Balaban J connectivity index is 1.07. The molecule has 12 heteroatoms. The number of esters is 1. The summed E-state index contributed by atoms with van der Waals surface area (Å²) in [5, 5.41) is 0. The molecule has 0 unspecified atom stereocenters. The Morgan fingerprint density at radius 3 is 2.40 bits per heavy atom. The highest BCUT2D eigenvalue weighted by molar-refractivity contribution is 5.81. The number of nitrogens with zero attached hydrogens (tertiary/aromatic N) is 5. The number of hydrogen-bond acceptors (Lipinski definition) is 10. The van der Waals surface area contributed by atoms with Gasteiger partial charge >= 0.3 is 17.7 Å². The van der Waals surface area contributed by atoms with E-state index in [4.69, 9.17) is 19.9 Å². The Morgan fingerprint density at radius 2 is 1.65 bits per heavy atom. The Kier molecular flexibility index (Phi) is 12.7. The third-order valence-corrected chi connectivity index (χ3v) is 7.83. The van der Waals surface area contributed by atoms with Crippen LogP contribution in [0, 0.1) is 0 Å². The third-order valence-electron chi connectivity index (χ3n) is 7.83. The first-order chi connectivity index (χ1) is 21.0. The fourth-order valence-electron chi connectivity index (χ4n) is 5.26. The average molecular weight is 598 g/mol. The molecule has 0 amide bonds. The number of rotatable bonds is 18. The van der Waals surface area contributed by atoms with E-state index in [1.165, 1.54) is 20.0 Å². The highest BCUT2D eigenvalue weighted by Crippen LogP contribution is 2.19. The number of aryl methyl sites for hydroxylation is 1. The number of nitrogens with two attached hydrogens (primary N) is 1. The molecule has 0 aliphatic carbocycles. The number of carbonyl (C=O) groups excluding carboxylic acids is 1. The standard InChI is InChI=1S/C31H47N7O5/c1-3-4-20-43-30-34-28(32)27-29(35-30)38(31(40)33-27)14-9-7-5-6-8-13-36-15-17-37(18-16-36)19-21-42-25-12-10-11-24(22-25)23-26(39)41-2/h10-12,22H,3-9,13-21,23H2,1-2H3,(H,33,40)(H2,32,34,35). The number of methoxy groups -OCH3 is 1. The number of H-pyrrole nitrogens is 1.